The van der Waals surface area contributed by atoms with Crippen molar-refractivity contribution in [3.8, 4) is 0 Å². The molecule has 0 saturated carbocycles. The van der Waals surface area contributed by atoms with E-state index in [4.69, 9.17) is 21.4 Å². The molecule has 2 aromatic carbocycles. The number of benzene rings is 2. The van der Waals surface area contributed by atoms with E-state index in [0.717, 1.165) is 16.7 Å². The third-order valence-electron chi connectivity index (χ3n) is 4.91. The molecule has 2 N–H and O–H groups in total. The van der Waals surface area contributed by atoms with Gasteiger partial charge in [-0.3, -0.25) is 29.4 Å². The van der Waals surface area contributed by atoms with Gasteiger partial charge in [-0.15, -0.1) is 11.8 Å². The number of hydrogen-bond donors (Lipinski definition) is 2. The Labute approximate surface area is 230 Å². The van der Waals surface area contributed by atoms with Crippen LogP contribution in [0.15, 0.2) is 46.2 Å². The van der Waals surface area contributed by atoms with Crippen LogP contribution in [0.4, 0.5) is 16.2 Å². The van der Waals surface area contributed by atoms with Gasteiger partial charge in [0.1, 0.15) is 6.54 Å². The summed E-state index contributed by atoms with van der Waals surface area (Å²) in [6, 6.07) is 8.53. The Kier molecular flexibility index (Phi) is 10.3. The molecule has 0 spiro atoms. The van der Waals surface area contributed by atoms with Crippen molar-refractivity contribution in [2.75, 3.05) is 30.8 Å². The van der Waals surface area contributed by atoms with Crippen molar-refractivity contribution in [3.05, 3.63) is 67.6 Å². The van der Waals surface area contributed by atoms with Crippen molar-refractivity contribution >= 4 is 75.6 Å². The molecule has 3 amide bonds. The van der Waals surface area contributed by atoms with Gasteiger partial charge in [-0.1, -0.05) is 24.6 Å². The summed E-state index contributed by atoms with van der Waals surface area (Å²) in [4.78, 5) is 62.0. The predicted molar refractivity (Wildman–Crippen MR) is 144 cm³/mol. The highest BCUT2D eigenvalue weighted by Gasteiger charge is 2.36. The van der Waals surface area contributed by atoms with Gasteiger partial charge < -0.3 is 15.2 Å². The summed E-state index contributed by atoms with van der Waals surface area (Å²) < 4.78 is 5.07. The second-order valence-corrected chi connectivity index (χ2v) is 10.2. The van der Waals surface area contributed by atoms with E-state index in [1.165, 1.54) is 36.4 Å². The summed E-state index contributed by atoms with van der Waals surface area (Å²) in [6.45, 7) is 1.32. The first-order chi connectivity index (χ1) is 18.1. The number of aliphatic hydroxyl groups excluding tert-OH is 1. The number of nitrogens with one attached hydrogen (secondary N) is 1. The van der Waals surface area contributed by atoms with Crippen molar-refractivity contribution in [2.45, 2.75) is 18.2 Å². The largest absolute Gasteiger partial charge is 0.462 e. The van der Waals surface area contributed by atoms with Crippen molar-refractivity contribution in [2.24, 2.45) is 0 Å². The minimum absolute atomic E-state index is 0.000285. The van der Waals surface area contributed by atoms with Gasteiger partial charge in [0.2, 0.25) is 5.91 Å². The topological polar surface area (TPSA) is 156 Å². The number of amides is 3. The van der Waals surface area contributed by atoms with E-state index in [0.29, 0.717) is 28.6 Å². The lowest BCUT2D eigenvalue weighted by molar-refractivity contribution is -0.387. The van der Waals surface area contributed by atoms with E-state index in [1.54, 1.807) is 6.07 Å². The molecule has 2 aromatic rings. The number of rotatable bonds is 11. The SMILES string of the molecule is CCCOC(=O)c1cc(NC(=O)CN2C(=O)SC(=Cc3ccc(SCCO)c([N+](=O)[O-])c3)C2=O)ccc1Cl. The number of aliphatic hydroxyl groups is 1. The number of halogens is 1. The first kappa shape index (κ1) is 29.2. The normalized spacial score (nSPS) is 14.2. The Morgan fingerprint density at radius 2 is 2.03 bits per heavy atom. The Morgan fingerprint density at radius 1 is 1.26 bits per heavy atom. The van der Waals surface area contributed by atoms with Crippen molar-refractivity contribution in [1.29, 1.82) is 0 Å². The zero-order valence-corrected chi connectivity index (χ0v) is 22.4. The molecule has 1 saturated heterocycles. The van der Waals surface area contributed by atoms with Gasteiger partial charge in [-0.2, -0.15) is 0 Å². The first-order valence-corrected chi connectivity index (χ1v) is 13.4. The molecular formula is C24H22ClN3O8S2. The third kappa shape index (κ3) is 7.34. The predicted octanol–water partition coefficient (Wildman–Crippen LogP) is 4.57. The van der Waals surface area contributed by atoms with Crippen LogP contribution in [0, 0.1) is 10.1 Å². The maximum absolute atomic E-state index is 12.8. The fourth-order valence-corrected chi connectivity index (χ4v) is 5.00. The van der Waals surface area contributed by atoms with Gasteiger partial charge in [0.25, 0.3) is 16.8 Å². The highest BCUT2D eigenvalue weighted by molar-refractivity contribution is 8.18. The summed E-state index contributed by atoms with van der Waals surface area (Å²) in [6.07, 6.45) is 1.96. The lowest BCUT2D eigenvalue weighted by Gasteiger charge is -2.13. The third-order valence-corrected chi connectivity index (χ3v) is 7.19. The summed E-state index contributed by atoms with van der Waals surface area (Å²) in [5, 5.41) is 22.4. The van der Waals surface area contributed by atoms with E-state index >= 15 is 0 Å². The molecule has 3 rings (SSSR count). The lowest BCUT2D eigenvalue weighted by atomic mass is 10.2. The zero-order valence-electron chi connectivity index (χ0n) is 20.0. The van der Waals surface area contributed by atoms with Crippen molar-refractivity contribution in [1.82, 2.24) is 4.90 Å². The Bertz CT molecular complexity index is 1320. The van der Waals surface area contributed by atoms with Crippen molar-refractivity contribution in [3.63, 3.8) is 0 Å². The molecule has 38 heavy (non-hydrogen) atoms. The van der Waals surface area contributed by atoms with Crippen LogP contribution >= 0.6 is 35.1 Å². The standard InChI is InChI=1S/C24H22ClN3O8S2/c1-2-8-36-23(32)16-12-15(4-5-17(16)25)26-21(30)13-27-22(31)20(38-24(27)33)11-14-3-6-19(37-9-7-29)18(10-14)28(34)35/h3-6,10-12,29H,2,7-9,13H2,1H3,(H,26,30). The molecule has 1 fully saturated rings. The molecule has 1 aliphatic heterocycles. The van der Waals surface area contributed by atoms with Crippen molar-refractivity contribution < 1.29 is 33.9 Å². The van der Waals surface area contributed by atoms with Crippen LogP contribution in [0.5, 0.6) is 0 Å². The Balaban J connectivity index is 1.71. The van der Waals surface area contributed by atoms with Gasteiger partial charge in [0, 0.05) is 17.5 Å². The Hall–Kier alpha value is -3.39. The highest BCUT2D eigenvalue weighted by atomic mass is 35.5. The van der Waals surface area contributed by atoms with Gasteiger partial charge in [0.05, 0.1) is 38.5 Å². The second kappa shape index (κ2) is 13.4. The van der Waals surface area contributed by atoms with Crippen LogP contribution < -0.4 is 5.32 Å². The molecule has 1 aliphatic rings. The van der Waals surface area contributed by atoms with Crippen LogP contribution in [0.25, 0.3) is 6.08 Å². The van der Waals surface area contributed by atoms with Crippen LogP contribution in [-0.2, 0) is 14.3 Å². The number of hydrogen-bond acceptors (Lipinski definition) is 10. The fraction of sp³-hybridized carbons (Fsp3) is 0.250. The number of esters is 1. The van der Waals surface area contributed by atoms with Crippen LogP contribution in [-0.4, -0.2) is 63.5 Å². The fourth-order valence-electron chi connectivity index (χ4n) is 3.21. The minimum Gasteiger partial charge on any atom is -0.462 e. The molecule has 0 unspecified atom stereocenters. The van der Waals surface area contributed by atoms with Gasteiger partial charge >= 0.3 is 5.97 Å². The maximum Gasteiger partial charge on any atom is 0.339 e. The number of nitrogens with zero attached hydrogens (tertiary/aromatic N) is 2. The lowest BCUT2D eigenvalue weighted by Crippen LogP contribution is -2.36. The quantitative estimate of drug-likeness (QED) is 0.127. The first-order valence-electron chi connectivity index (χ1n) is 11.2. The van der Waals surface area contributed by atoms with E-state index in [1.807, 2.05) is 6.92 Å². The van der Waals surface area contributed by atoms with E-state index in [-0.39, 0.29) is 45.8 Å². The number of carbonyl (C=O) groups excluding carboxylic acids is 4. The molecular weight excluding hydrogens is 558 g/mol. The number of nitro groups is 1. The smallest absolute Gasteiger partial charge is 0.339 e. The highest BCUT2D eigenvalue weighted by Crippen LogP contribution is 2.35. The van der Waals surface area contributed by atoms with Crippen LogP contribution in [0.2, 0.25) is 5.02 Å². The average molecular weight is 580 g/mol. The molecule has 0 atom stereocenters. The van der Waals surface area contributed by atoms with Gasteiger partial charge in [-0.25, -0.2) is 4.79 Å². The molecule has 0 aromatic heterocycles. The van der Waals surface area contributed by atoms with E-state index in [9.17, 15) is 29.3 Å². The number of ether oxygens (including phenoxy) is 1. The monoisotopic (exact) mass is 579 g/mol. The molecule has 0 bridgehead atoms. The van der Waals surface area contributed by atoms with Crippen LogP contribution in [0.3, 0.4) is 0 Å². The number of nitro benzene ring substituents is 1. The van der Waals surface area contributed by atoms with Gasteiger partial charge in [-0.05, 0) is 54.1 Å². The average Bonchev–Trinajstić information content (AvgIpc) is 3.14. The minimum atomic E-state index is -0.725. The van der Waals surface area contributed by atoms with Crippen LogP contribution in [0.1, 0.15) is 29.3 Å². The number of imide groups is 1. The summed E-state index contributed by atoms with van der Waals surface area (Å²) in [5.41, 5.74) is 0.402. The molecule has 11 nitrogen and oxygen atoms in total. The molecule has 1 heterocycles. The van der Waals surface area contributed by atoms with E-state index in [2.05, 4.69) is 5.32 Å². The zero-order chi connectivity index (χ0) is 27.8. The molecule has 0 aliphatic carbocycles. The Morgan fingerprint density at radius 3 is 2.71 bits per heavy atom. The second-order valence-electron chi connectivity index (χ2n) is 7.70. The summed E-state index contributed by atoms with van der Waals surface area (Å²) in [5.74, 6) is -1.79. The number of carbonyl (C=O) groups is 4. The van der Waals surface area contributed by atoms with E-state index < -0.39 is 34.5 Å². The summed E-state index contributed by atoms with van der Waals surface area (Å²) in [7, 11) is 0. The maximum atomic E-state index is 12.8. The number of thioether (sulfide) groups is 2. The summed E-state index contributed by atoms with van der Waals surface area (Å²) >= 11 is 7.78. The van der Waals surface area contributed by atoms with Gasteiger partial charge in [0.15, 0.2) is 0 Å². The number of anilines is 1. The molecule has 200 valence electrons. The molecule has 14 heteroatoms. The molecule has 0 radical (unpaired) electrons.